The van der Waals surface area contributed by atoms with Crippen LogP contribution >= 0.6 is 11.8 Å². The van der Waals surface area contributed by atoms with E-state index in [1.807, 2.05) is 6.07 Å². The van der Waals surface area contributed by atoms with Gasteiger partial charge in [0, 0.05) is 12.2 Å². The molecule has 0 bridgehead atoms. The molecule has 2 aromatic rings. The minimum absolute atomic E-state index is 0.0541. The summed E-state index contributed by atoms with van der Waals surface area (Å²) >= 11 is 1.23. The van der Waals surface area contributed by atoms with Crippen molar-refractivity contribution < 1.29 is 14.3 Å². The Kier molecular flexibility index (Phi) is 4.79. The molecule has 0 aliphatic carbocycles. The van der Waals surface area contributed by atoms with Crippen molar-refractivity contribution in [1.29, 1.82) is 5.26 Å². The second-order valence-electron chi connectivity index (χ2n) is 4.03. The van der Waals surface area contributed by atoms with Gasteiger partial charge in [-0.15, -0.1) is 0 Å². The number of carbonyl (C=O) groups is 1. The van der Waals surface area contributed by atoms with Gasteiger partial charge < -0.3 is 14.5 Å². The SMILES string of the molecule is N#Cc1c(-c2ccco2)nc(SCCCC(=O)O)[nH]c1=O. The molecule has 0 aliphatic rings. The number of aromatic nitrogens is 2. The summed E-state index contributed by atoms with van der Waals surface area (Å²) in [7, 11) is 0. The molecule has 0 aromatic carbocycles. The molecule has 2 rings (SSSR count). The maximum absolute atomic E-state index is 11.9. The highest BCUT2D eigenvalue weighted by Gasteiger charge is 2.15. The highest BCUT2D eigenvalue weighted by atomic mass is 32.2. The van der Waals surface area contributed by atoms with Gasteiger partial charge in [-0.3, -0.25) is 9.59 Å². The van der Waals surface area contributed by atoms with Gasteiger partial charge in [0.15, 0.2) is 10.9 Å². The molecule has 0 aliphatic heterocycles. The lowest BCUT2D eigenvalue weighted by Crippen LogP contribution is -2.14. The van der Waals surface area contributed by atoms with Crippen molar-refractivity contribution in [3.05, 3.63) is 34.3 Å². The van der Waals surface area contributed by atoms with Crippen molar-refractivity contribution >= 4 is 17.7 Å². The number of hydrogen-bond acceptors (Lipinski definition) is 6. The second kappa shape index (κ2) is 6.76. The normalized spacial score (nSPS) is 10.2. The topological polar surface area (TPSA) is 120 Å². The Hall–Kier alpha value is -2.53. The lowest BCUT2D eigenvalue weighted by Gasteiger charge is -2.03. The number of nitrogens with zero attached hydrogens (tertiary/aromatic N) is 2. The van der Waals surface area contributed by atoms with Gasteiger partial charge in [-0.2, -0.15) is 5.26 Å². The van der Waals surface area contributed by atoms with E-state index in [4.69, 9.17) is 14.8 Å². The van der Waals surface area contributed by atoms with E-state index in [1.165, 1.54) is 18.0 Å². The molecule has 0 atom stereocenters. The summed E-state index contributed by atoms with van der Waals surface area (Å²) < 4.78 is 5.18. The number of aliphatic carboxylic acids is 1. The largest absolute Gasteiger partial charge is 0.481 e. The van der Waals surface area contributed by atoms with Crippen LogP contribution in [-0.4, -0.2) is 26.8 Å². The third-order valence-electron chi connectivity index (χ3n) is 2.54. The number of carboxylic acids is 1. The maximum Gasteiger partial charge on any atom is 0.303 e. The summed E-state index contributed by atoms with van der Waals surface area (Å²) in [6.07, 6.45) is 1.94. The van der Waals surface area contributed by atoms with Crippen molar-refractivity contribution in [2.24, 2.45) is 0 Å². The van der Waals surface area contributed by atoms with E-state index in [9.17, 15) is 9.59 Å². The molecule has 108 valence electrons. The van der Waals surface area contributed by atoms with Gasteiger partial charge in [0.25, 0.3) is 5.56 Å². The van der Waals surface area contributed by atoms with Crippen LogP contribution in [0.25, 0.3) is 11.5 Å². The Morgan fingerprint density at radius 1 is 1.57 bits per heavy atom. The van der Waals surface area contributed by atoms with E-state index in [2.05, 4.69) is 9.97 Å². The van der Waals surface area contributed by atoms with Crippen molar-refractivity contribution in [3.63, 3.8) is 0 Å². The molecule has 2 N–H and O–H groups in total. The average Bonchev–Trinajstić information content (AvgIpc) is 2.96. The summed E-state index contributed by atoms with van der Waals surface area (Å²) in [6.45, 7) is 0. The molecule has 2 heterocycles. The number of furan rings is 1. The van der Waals surface area contributed by atoms with Gasteiger partial charge in [-0.1, -0.05) is 11.8 Å². The third-order valence-corrected chi connectivity index (χ3v) is 3.50. The molecule has 0 saturated carbocycles. The first-order valence-electron chi connectivity index (χ1n) is 6.04. The smallest absolute Gasteiger partial charge is 0.303 e. The molecular formula is C13H11N3O4S. The van der Waals surface area contributed by atoms with Crippen LogP contribution in [0.1, 0.15) is 18.4 Å². The van der Waals surface area contributed by atoms with Crippen LogP contribution in [0, 0.1) is 11.3 Å². The molecule has 0 saturated heterocycles. The van der Waals surface area contributed by atoms with E-state index < -0.39 is 11.5 Å². The molecule has 0 spiro atoms. The Morgan fingerprint density at radius 3 is 3.00 bits per heavy atom. The van der Waals surface area contributed by atoms with E-state index in [-0.39, 0.29) is 17.7 Å². The van der Waals surface area contributed by atoms with Gasteiger partial charge in [0.1, 0.15) is 17.3 Å². The molecule has 0 unspecified atom stereocenters. The summed E-state index contributed by atoms with van der Waals surface area (Å²) in [5.74, 6) is -0.0307. The quantitative estimate of drug-likeness (QED) is 0.474. The first-order valence-corrected chi connectivity index (χ1v) is 7.03. The Morgan fingerprint density at radius 2 is 2.38 bits per heavy atom. The standard InChI is InChI=1S/C13H11N3O4S/c14-7-8-11(9-3-1-5-20-9)15-13(16-12(8)19)21-6-2-4-10(17)18/h1,3,5H,2,4,6H2,(H,17,18)(H,15,16,19). The highest BCUT2D eigenvalue weighted by molar-refractivity contribution is 7.99. The van der Waals surface area contributed by atoms with E-state index in [0.717, 1.165) is 0 Å². The number of H-pyrrole nitrogens is 1. The predicted molar refractivity (Wildman–Crippen MR) is 74.9 cm³/mol. The fourth-order valence-corrected chi connectivity index (χ4v) is 2.41. The monoisotopic (exact) mass is 305 g/mol. The molecule has 2 aromatic heterocycles. The van der Waals surface area contributed by atoms with E-state index in [1.54, 1.807) is 12.1 Å². The first kappa shape index (κ1) is 14.9. The van der Waals surface area contributed by atoms with E-state index in [0.29, 0.717) is 23.1 Å². The van der Waals surface area contributed by atoms with Crippen molar-refractivity contribution in [3.8, 4) is 17.5 Å². The molecule has 8 heteroatoms. The third kappa shape index (κ3) is 3.73. The Balaban J connectivity index is 2.23. The molecular weight excluding hydrogens is 294 g/mol. The number of nitriles is 1. The van der Waals surface area contributed by atoms with E-state index >= 15 is 0 Å². The number of nitrogens with one attached hydrogen (secondary N) is 1. The number of carboxylic acid groups (broad SMARTS) is 1. The zero-order chi connectivity index (χ0) is 15.2. The van der Waals surface area contributed by atoms with Crippen LogP contribution in [0.2, 0.25) is 0 Å². The van der Waals surface area contributed by atoms with Gasteiger partial charge in [0.2, 0.25) is 0 Å². The second-order valence-corrected chi connectivity index (χ2v) is 5.11. The highest BCUT2D eigenvalue weighted by Crippen LogP contribution is 2.22. The number of aromatic amines is 1. The van der Waals surface area contributed by atoms with Crippen LogP contribution < -0.4 is 5.56 Å². The average molecular weight is 305 g/mol. The number of rotatable bonds is 6. The molecule has 0 radical (unpaired) electrons. The molecule has 21 heavy (non-hydrogen) atoms. The summed E-state index contributed by atoms with van der Waals surface area (Å²) in [6, 6.07) is 5.06. The maximum atomic E-state index is 11.9. The lowest BCUT2D eigenvalue weighted by molar-refractivity contribution is -0.137. The minimum Gasteiger partial charge on any atom is -0.481 e. The van der Waals surface area contributed by atoms with Crippen molar-refractivity contribution in [2.45, 2.75) is 18.0 Å². The Bertz CT molecular complexity index is 731. The van der Waals surface area contributed by atoms with Crippen molar-refractivity contribution in [1.82, 2.24) is 9.97 Å². The fourth-order valence-electron chi connectivity index (χ4n) is 1.61. The molecule has 7 nitrogen and oxygen atoms in total. The lowest BCUT2D eigenvalue weighted by atomic mass is 10.2. The number of thioether (sulfide) groups is 1. The fraction of sp³-hybridized carbons (Fsp3) is 0.231. The molecule has 0 amide bonds. The van der Waals surface area contributed by atoms with Crippen LogP contribution in [0.5, 0.6) is 0 Å². The van der Waals surface area contributed by atoms with Crippen molar-refractivity contribution in [2.75, 3.05) is 5.75 Å². The van der Waals surface area contributed by atoms with Gasteiger partial charge >= 0.3 is 5.97 Å². The predicted octanol–water partition coefficient (Wildman–Crippen LogP) is 1.86. The van der Waals surface area contributed by atoms with Gasteiger partial charge in [-0.25, -0.2) is 4.98 Å². The zero-order valence-electron chi connectivity index (χ0n) is 10.8. The summed E-state index contributed by atoms with van der Waals surface area (Å²) in [4.78, 5) is 29.0. The molecule has 0 fully saturated rings. The van der Waals surface area contributed by atoms with Crippen LogP contribution in [0.15, 0.2) is 32.8 Å². The summed E-state index contributed by atoms with van der Waals surface area (Å²) in [5, 5.41) is 17.9. The van der Waals surface area contributed by atoms with Gasteiger partial charge in [0.05, 0.1) is 6.26 Å². The van der Waals surface area contributed by atoms with Gasteiger partial charge in [-0.05, 0) is 18.6 Å². The first-order chi connectivity index (χ1) is 10.1. The minimum atomic E-state index is -0.867. The number of hydrogen-bond donors (Lipinski definition) is 2. The Labute approximate surface area is 123 Å². The van der Waals surface area contributed by atoms with Crippen LogP contribution in [0.3, 0.4) is 0 Å². The zero-order valence-corrected chi connectivity index (χ0v) is 11.6. The summed E-state index contributed by atoms with van der Waals surface area (Å²) in [5.41, 5.74) is -0.466. The van der Waals surface area contributed by atoms with Crippen LogP contribution in [-0.2, 0) is 4.79 Å². The van der Waals surface area contributed by atoms with Crippen LogP contribution in [0.4, 0.5) is 0 Å².